The highest BCUT2D eigenvalue weighted by atomic mass is 79.9. The summed E-state index contributed by atoms with van der Waals surface area (Å²) < 4.78 is 9.91. The van der Waals surface area contributed by atoms with Gasteiger partial charge in [-0.3, -0.25) is 4.79 Å². The first-order valence-electron chi connectivity index (χ1n) is 6.81. The van der Waals surface area contributed by atoms with Crippen LogP contribution in [-0.4, -0.2) is 41.0 Å². The van der Waals surface area contributed by atoms with Crippen molar-refractivity contribution < 1.29 is 24.4 Å². The number of alkyl halides is 2. The van der Waals surface area contributed by atoms with Gasteiger partial charge in [-0.05, 0) is 13.8 Å². The lowest BCUT2D eigenvalue weighted by atomic mass is 9.83. The Kier molecular flexibility index (Phi) is 7.47. The Morgan fingerprint density at radius 1 is 1.30 bits per heavy atom. The molecule has 0 atom stereocenters. The summed E-state index contributed by atoms with van der Waals surface area (Å²) in [6, 6.07) is 0. The summed E-state index contributed by atoms with van der Waals surface area (Å²) in [5.74, 6) is -0.369. The number of hydrogen-bond donors (Lipinski definition) is 1. The Hall–Kier alpha value is -0.140. The van der Waals surface area contributed by atoms with E-state index in [1.54, 1.807) is 0 Å². The number of halogens is 2. The first kappa shape index (κ1) is 17.9. The maximum atomic E-state index is 11.8. The standard InChI is InChI=1S/C13H21Br2NO4/c1-13(2,9-3-6-16-7-4-9)20-10(17)5-8-19-12(18)11(14)15/h9,11,16H,3-8H2,1-2H3/p+1. The van der Waals surface area contributed by atoms with Gasteiger partial charge < -0.3 is 14.8 Å². The highest BCUT2D eigenvalue weighted by Crippen LogP contribution is 2.28. The van der Waals surface area contributed by atoms with Gasteiger partial charge in [0.15, 0.2) is 3.74 Å². The molecule has 0 amide bonds. The second-order valence-electron chi connectivity index (χ2n) is 5.44. The first-order valence-corrected chi connectivity index (χ1v) is 8.64. The zero-order valence-electron chi connectivity index (χ0n) is 11.9. The van der Waals surface area contributed by atoms with Crippen molar-refractivity contribution in [3.63, 3.8) is 0 Å². The molecule has 0 aromatic heterocycles. The van der Waals surface area contributed by atoms with E-state index in [0.717, 1.165) is 25.9 Å². The molecular weight excluding hydrogens is 394 g/mol. The van der Waals surface area contributed by atoms with Crippen LogP contribution in [0, 0.1) is 5.92 Å². The van der Waals surface area contributed by atoms with E-state index in [0.29, 0.717) is 5.92 Å². The zero-order valence-corrected chi connectivity index (χ0v) is 15.0. The Bertz CT molecular complexity index is 341. The van der Waals surface area contributed by atoms with Gasteiger partial charge in [-0.1, -0.05) is 31.9 Å². The minimum absolute atomic E-state index is 0.0416. The van der Waals surface area contributed by atoms with E-state index in [9.17, 15) is 9.59 Å². The number of carbonyl (C=O) groups excluding carboxylic acids is 2. The van der Waals surface area contributed by atoms with E-state index in [1.165, 1.54) is 0 Å². The Labute approximate surface area is 136 Å². The number of rotatable bonds is 6. The highest BCUT2D eigenvalue weighted by Gasteiger charge is 2.35. The fourth-order valence-corrected chi connectivity index (χ4v) is 2.61. The van der Waals surface area contributed by atoms with Crippen molar-refractivity contribution in [3.8, 4) is 0 Å². The second-order valence-corrected chi connectivity index (χ2v) is 8.50. The summed E-state index contributed by atoms with van der Waals surface area (Å²) in [4.78, 5) is 23.0. The van der Waals surface area contributed by atoms with Gasteiger partial charge >= 0.3 is 11.9 Å². The number of quaternary nitrogens is 1. The van der Waals surface area contributed by atoms with Crippen LogP contribution >= 0.6 is 31.9 Å². The molecule has 0 aromatic rings. The van der Waals surface area contributed by atoms with Crippen molar-refractivity contribution in [2.24, 2.45) is 5.92 Å². The van der Waals surface area contributed by atoms with Gasteiger partial charge in [-0.2, -0.15) is 0 Å². The Morgan fingerprint density at radius 3 is 2.45 bits per heavy atom. The molecule has 7 heteroatoms. The Balaban J connectivity index is 2.31. The third kappa shape index (κ3) is 6.10. The Morgan fingerprint density at radius 2 is 1.90 bits per heavy atom. The molecule has 0 bridgehead atoms. The molecule has 0 spiro atoms. The lowest BCUT2D eigenvalue weighted by Gasteiger charge is -2.35. The van der Waals surface area contributed by atoms with Crippen molar-refractivity contribution in [2.45, 2.75) is 42.4 Å². The van der Waals surface area contributed by atoms with E-state index in [-0.39, 0.29) is 19.0 Å². The summed E-state index contributed by atoms with van der Waals surface area (Å²) in [5, 5.41) is 2.28. The molecule has 0 aliphatic carbocycles. The molecule has 5 nitrogen and oxygen atoms in total. The van der Waals surface area contributed by atoms with Crippen molar-refractivity contribution in [1.29, 1.82) is 0 Å². The summed E-state index contributed by atoms with van der Waals surface area (Å²) in [6.07, 6.45) is 2.20. The maximum Gasteiger partial charge on any atom is 0.330 e. The molecule has 0 radical (unpaired) electrons. The van der Waals surface area contributed by atoms with Gasteiger partial charge in [0, 0.05) is 18.8 Å². The number of piperidine rings is 1. The van der Waals surface area contributed by atoms with Crippen LogP contribution in [-0.2, 0) is 19.1 Å². The average molecular weight is 416 g/mol. The van der Waals surface area contributed by atoms with Crippen LogP contribution in [0.1, 0.15) is 33.1 Å². The number of ether oxygens (including phenoxy) is 2. The third-order valence-electron chi connectivity index (χ3n) is 3.53. The van der Waals surface area contributed by atoms with Gasteiger partial charge in [0.25, 0.3) is 0 Å². The van der Waals surface area contributed by atoms with E-state index in [1.807, 2.05) is 13.8 Å². The number of nitrogens with two attached hydrogens (primary N) is 1. The van der Waals surface area contributed by atoms with Crippen LogP contribution < -0.4 is 5.32 Å². The predicted octanol–water partition coefficient (Wildman–Crippen LogP) is 1.33. The van der Waals surface area contributed by atoms with Crippen LogP contribution in [0.5, 0.6) is 0 Å². The normalized spacial score (nSPS) is 17.1. The lowest BCUT2D eigenvalue weighted by Crippen LogP contribution is -2.86. The molecule has 1 aliphatic rings. The van der Waals surface area contributed by atoms with Crippen molar-refractivity contribution in [3.05, 3.63) is 0 Å². The summed E-state index contributed by atoms with van der Waals surface area (Å²) in [6.45, 7) is 6.13. The molecule has 20 heavy (non-hydrogen) atoms. The van der Waals surface area contributed by atoms with Gasteiger partial charge in [-0.15, -0.1) is 0 Å². The predicted molar refractivity (Wildman–Crippen MR) is 81.8 cm³/mol. The van der Waals surface area contributed by atoms with Crippen LogP contribution in [0.25, 0.3) is 0 Å². The smallest absolute Gasteiger partial charge is 0.330 e. The molecule has 0 aromatic carbocycles. The summed E-state index contributed by atoms with van der Waals surface area (Å²) in [7, 11) is 0. The first-order chi connectivity index (χ1) is 9.33. The third-order valence-corrected chi connectivity index (χ3v) is 4.27. The topological polar surface area (TPSA) is 69.2 Å². The number of esters is 2. The summed E-state index contributed by atoms with van der Waals surface area (Å²) >= 11 is 6.06. The van der Waals surface area contributed by atoms with E-state index in [2.05, 4.69) is 37.2 Å². The molecule has 1 saturated heterocycles. The monoisotopic (exact) mass is 414 g/mol. The minimum Gasteiger partial charge on any atom is -0.464 e. The van der Waals surface area contributed by atoms with Crippen LogP contribution in [0.2, 0.25) is 0 Å². The fraction of sp³-hybridized carbons (Fsp3) is 0.846. The molecular formula is C13H22Br2NO4+. The zero-order chi connectivity index (χ0) is 15.2. The summed E-state index contributed by atoms with van der Waals surface area (Å²) in [5.41, 5.74) is -0.456. The fourth-order valence-electron chi connectivity index (χ4n) is 2.35. The number of hydrogen-bond acceptors (Lipinski definition) is 4. The highest BCUT2D eigenvalue weighted by molar-refractivity contribution is 9.25. The largest absolute Gasteiger partial charge is 0.464 e. The number of carbonyl (C=O) groups is 2. The van der Waals surface area contributed by atoms with Crippen molar-refractivity contribution in [1.82, 2.24) is 0 Å². The van der Waals surface area contributed by atoms with E-state index in [4.69, 9.17) is 9.47 Å². The van der Waals surface area contributed by atoms with Crippen LogP contribution in [0.15, 0.2) is 0 Å². The molecule has 1 rings (SSSR count). The lowest BCUT2D eigenvalue weighted by molar-refractivity contribution is -0.665. The molecule has 0 saturated carbocycles. The second kappa shape index (κ2) is 8.34. The van der Waals surface area contributed by atoms with Gasteiger partial charge in [0.05, 0.1) is 19.5 Å². The van der Waals surface area contributed by atoms with Crippen LogP contribution in [0.3, 0.4) is 0 Å². The quantitative estimate of drug-likeness (QED) is 0.524. The SMILES string of the molecule is CC(C)(OC(=O)CCOC(=O)C(Br)Br)C1CC[NH2+]CC1. The van der Waals surface area contributed by atoms with Gasteiger partial charge in [0.2, 0.25) is 0 Å². The van der Waals surface area contributed by atoms with Crippen molar-refractivity contribution >= 4 is 43.8 Å². The van der Waals surface area contributed by atoms with E-state index < -0.39 is 15.3 Å². The van der Waals surface area contributed by atoms with Crippen LogP contribution in [0.4, 0.5) is 0 Å². The maximum absolute atomic E-state index is 11.8. The van der Waals surface area contributed by atoms with Crippen molar-refractivity contribution in [2.75, 3.05) is 19.7 Å². The van der Waals surface area contributed by atoms with Gasteiger partial charge in [0.1, 0.15) is 12.2 Å². The van der Waals surface area contributed by atoms with Gasteiger partial charge in [-0.25, -0.2) is 4.79 Å². The molecule has 2 N–H and O–H groups in total. The molecule has 0 unspecified atom stereocenters. The minimum atomic E-state index is -0.541. The molecule has 1 aliphatic heterocycles. The molecule has 116 valence electrons. The molecule has 1 heterocycles. The molecule has 1 fully saturated rings. The average Bonchev–Trinajstić information content (AvgIpc) is 2.39. The van der Waals surface area contributed by atoms with E-state index >= 15 is 0 Å².